The van der Waals surface area contributed by atoms with Crippen LogP contribution in [0.4, 0.5) is 0 Å². The molecule has 0 saturated heterocycles. The second-order valence-electron chi connectivity index (χ2n) is 5.75. The maximum absolute atomic E-state index is 12.1. The van der Waals surface area contributed by atoms with Crippen LogP contribution in [0.15, 0.2) is 28.7 Å². The molecule has 1 aliphatic rings. The molecule has 3 N–H and O–H groups in total. The van der Waals surface area contributed by atoms with Crippen molar-refractivity contribution in [1.82, 2.24) is 5.32 Å². The highest BCUT2D eigenvalue weighted by Crippen LogP contribution is 2.23. The lowest BCUT2D eigenvalue weighted by Gasteiger charge is -2.26. The predicted octanol–water partition coefficient (Wildman–Crippen LogP) is 3.27. The Bertz CT molecular complexity index is 487. The predicted molar refractivity (Wildman–Crippen MR) is 94.4 cm³/mol. The van der Waals surface area contributed by atoms with Crippen LogP contribution < -0.4 is 15.8 Å². The van der Waals surface area contributed by atoms with E-state index in [4.69, 9.17) is 10.5 Å². The van der Waals surface area contributed by atoms with E-state index in [1.54, 1.807) is 0 Å². The van der Waals surface area contributed by atoms with Crippen LogP contribution in [-0.4, -0.2) is 24.6 Å². The first-order valence-corrected chi connectivity index (χ1v) is 8.29. The van der Waals surface area contributed by atoms with Crippen LogP contribution in [0, 0.1) is 5.92 Å². The molecule has 1 aromatic carbocycles. The molecule has 0 bridgehead atoms. The molecule has 124 valence electrons. The van der Waals surface area contributed by atoms with Crippen molar-refractivity contribution < 1.29 is 9.53 Å². The summed E-state index contributed by atoms with van der Waals surface area (Å²) in [5.41, 5.74) is 5.93. The molecule has 0 radical (unpaired) electrons. The van der Waals surface area contributed by atoms with Crippen LogP contribution in [0.1, 0.15) is 32.6 Å². The number of amides is 1. The van der Waals surface area contributed by atoms with Crippen molar-refractivity contribution in [2.75, 3.05) is 6.54 Å². The largest absolute Gasteiger partial charge is 0.489 e. The molecule has 0 spiro atoms. The smallest absolute Gasteiger partial charge is 0.223 e. The minimum atomic E-state index is -0.0690. The van der Waals surface area contributed by atoms with Crippen molar-refractivity contribution in [2.24, 2.45) is 11.7 Å². The normalized spacial score (nSPS) is 22.3. The zero-order valence-corrected chi connectivity index (χ0v) is 15.2. The second kappa shape index (κ2) is 9.38. The van der Waals surface area contributed by atoms with Crippen LogP contribution in [0.3, 0.4) is 0 Å². The van der Waals surface area contributed by atoms with E-state index in [1.165, 1.54) is 0 Å². The quantitative estimate of drug-likeness (QED) is 0.809. The fourth-order valence-electron chi connectivity index (χ4n) is 2.67. The van der Waals surface area contributed by atoms with Crippen LogP contribution in [0.5, 0.6) is 5.75 Å². The van der Waals surface area contributed by atoms with Gasteiger partial charge in [0.1, 0.15) is 11.9 Å². The topological polar surface area (TPSA) is 64.4 Å². The second-order valence-corrected chi connectivity index (χ2v) is 6.67. The van der Waals surface area contributed by atoms with Gasteiger partial charge >= 0.3 is 0 Å². The highest BCUT2D eigenvalue weighted by atomic mass is 79.9. The maximum atomic E-state index is 12.1. The summed E-state index contributed by atoms with van der Waals surface area (Å²) in [6, 6.07) is 7.87. The summed E-state index contributed by atoms with van der Waals surface area (Å²) in [5, 5.41) is 2.98. The number of hydrogen-bond donors (Lipinski definition) is 2. The first-order chi connectivity index (χ1) is 10.0. The van der Waals surface area contributed by atoms with Gasteiger partial charge in [-0.25, -0.2) is 0 Å². The molecule has 0 aromatic heterocycles. The highest BCUT2D eigenvalue weighted by Gasteiger charge is 2.25. The molecule has 1 saturated carbocycles. The van der Waals surface area contributed by atoms with Crippen molar-refractivity contribution in [2.45, 2.75) is 44.8 Å². The molecule has 0 aliphatic heterocycles. The summed E-state index contributed by atoms with van der Waals surface area (Å²) in [4.78, 5) is 12.1. The Morgan fingerprint density at radius 1 is 1.50 bits per heavy atom. The fraction of sp³-hybridized carbons (Fsp3) is 0.562. The maximum Gasteiger partial charge on any atom is 0.223 e. The molecular formula is C16H24BrClN2O2. The molecule has 22 heavy (non-hydrogen) atoms. The molecular weight excluding hydrogens is 368 g/mol. The van der Waals surface area contributed by atoms with E-state index in [-0.39, 0.29) is 36.4 Å². The number of hydrogen-bond acceptors (Lipinski definition) is 3. The van der Waals surface area contributed by atoms with Gasteiger partial charge in [-0.05, 0) is 44.4 Å². The molecule has 3 unspecified atom stereocenters. The summed E-state index contributed by atoms with van der Waals surface area (Å²) in [6.45, 7) is 2.46. The van der Waals surface area contributed by atoms with Gasteiger partial charge in [0.25, 0.3) is 0 Å². The molecule has 0 heterocycles. The minimum Gasteiger partial charge on any atom is -0.489 e. The number of nitrogens with two attached hydrogens (primary N) is 1. The molecule has 1 aliphatic carbocycles. The summed E-state index contributed by atoms with van der Waals surface area (Å²) in [5.74, 6) is 0.965. The van der Waals surface area contributed by atoms with Gasteiger partial charge in [-0.15, -0.1) is 12.4 Å². The molecule has 1 fully saturated rings. The molecule has 2 rings (SSSR count). The molecule has 6 heteroatoms. The van der Waals surface area contributed by atoms with E-state index in [0.29, 0.717) is 6.54 Å². The number of halogens is 2. The Kier molecular flexibility index (Phi) is 8.21. The van der Waals surface area contributed by atoms with E-state index >= 15 is 0 Å². The highest BCUT2D eigenvalue weighted by molar-refractivity contribution is 9.10. The van der Waals surface area contributed by atoms with Crippen LogP contribution in [0.25, 0.3) is 0 Å². The van der Waals surface area contributed by atoms with Crippen molar-refractivity contribution in [1.29, 1.82) is 0 Å². The van der Waals surface area contributed by atoms with Gasteiger partial charge in [0.2, 0.25) is 5.91 Å². The van der Waals surface area contributed by atoms with Gasteiger partial charge in [0.05, 0.1) is 6.54 Å². The lowest BCUT2D eigenvalue weighted by Crippen LogP contribution is -2.41. The van der Waals surface area contributed by atoms with Gasteiger partial charge < -0.3 is 15.8 Å². The van der Waals surface area contributed by atoms with Gasteiger partial charge in [-0.2, -0.15) is 0 Å². The van der Waals surface area contributed by atoms with Crippen molar-refractivity contribution >= 4 is 34.2 Å². The van der Waals surface area contributed by atoms with E-state index in [0.717, 1.165) is 35.9 Å². The van der Waals surface area contributed by atoms with E-state index in [1.807, 2.05) is 31.2 Å². The standard InChI is InChI=1S/C16H23BrN2O2.ClH/c1-11(21-15-7-3-5-13(17)9-15)10-19-16(20)12-4-2-6-14(18)8-12;/h3,5,7,9,11-12,14H,2,4,6,8,10,18H2,1H3,(H,19,20);1H. The van der Waals surface area contributed by atoms with Crippen molar-refractivity contribution in [3.63, 3.8) is 0 Å². The number of benzene rings is 1. The summed E-state index contributed by atoms with van der Waals surface area (Å²) < 4.78 is 6.76. The van der Waals surface area contributed by atoms with Crippen LogP contribution >= 0.6 is 28.3 Å². The zero-order valence-electron chi connectivity index (χ0n) is 12.8. The SMILES string of the molecule is CC(CNC(=O)C1CCCC(N)C1)Oc1cccc(Br)c1.Cl. The van der Waals surface area contributed by atoms with Gasteiger partial charge in [-0.1, -0.05) is 28.4 Å². The van der Waals surface area contributed by atoms with E-state index in [9.17, 15) is 4.79 Å². The van der Waals surface area contributed by atoms with Gasteiger partial charge in [0.15, 0.2) is 0 Å². The van der Waals surface area contributed by atoms with Gasteiger partial charge in [0, 0.05) is 16.4 Å². The Labute approximate surface area is 146 Å². The Morgan fingerprint density at radius 2 is 2.27 bits per heavy atom. The monoisotopic (exact) mass is 390 g/mol. The Hall–Kier alpha value is -0.780. The number of ether oxygens (including phenoxy) is 1. The molecule has 1 amide bonds. The van der Waals surface area contributed by atoms with Crippen molar-refractivity contribution in [3.05, 3.63) is 28.7 Å². The average molecular weight is 392 g/mol. The number of nitrogens with one attached hydrogen (secondary N) is 1. The Balaban J connectivity index is 0.00000242. The molecule has 4 nitrogen and oxygen atoms in total. The number of carbonyl (C=O) groups is 1. The zero-order chi connectivity index (χ0) is 15.2. The lowest BCUT2D eigenvalue weighted by molar-refractivity contribution is -0.126. The van der Waals surface area contributed by atoms with Crippen molar-refractivity contribution in [3.8, 4) is 5.75 Å². The lowest BCUT2D eigenvalue weighted by atomic mass is 9.85. The van der Waals surface area contributed by atoms with Crippen LogP contribution in [0.2, 0.25) is 0 Å². The van der Waals surface area contributed by atoms with E-state index < -0.39 is 0 Å². The summed E-state index contributed by atoms with van der Waals surface area (Å²) in [6.07, 6.45) is 3.75. The first-order valence-electron chi connectivity index (χ1n) is 7.50. The average Bonchev–Trinajstić information content (AvgIpc) is 2.45. The van der Waals surface area contributed by atoms with E-state index in [2.05, 4.69) is 21.2 Å². The third kappa shape index (κ3) is 6.15. The Morgan fingerprint density at radius 3 is 2.95 bits per heavy atom. The number of carbonyl (C=O) groups excluding carboxylic acids is 1. The number of rotatable bonds is 5. The van der Waals surface area contributed by atoms with Gasteiger partial charge in [-0.3, -0.25) is 4.79 Å². The summed E-state index contributed by atoms with van der Waals surface area (Å²) in [7, 11) is 0. The molecule has 3 atom stereocenters. The summed E-state index contributed by atoms with van der Waals surface area (Å²) >= 11 is 3.41. The third-order valence-corrected chi connectivity index (χ3v) is 4.28. The first kappa shape index (κ1) is 19.3. The fourth-order valence-corrected chi connectivity index (χ4v) is 3.05. The third-order valence-electron chi connectivity index (χ3n) is 3.78. The minimum absolute atomic E-state index is 0. The van der Waals surface area contributed by atoms with Crippen LogP contribution in [-0.2, 0) is 4.79 Å². The molecule has 1 aromatic rings.